The standard InChI is InChI=1S/C13H18F3NO/c1-3-10-6-11(5-4-9(2)17)8-12(7-10)18-13(14,15)16/h6-9H,3-5,17H2,1-2H3/t9-/m1/s1. The highest BCUT2D eigenvalue weighted by atomic mass is 19.4. The summed E-state index contributed by atoms with van der Waals surface area (Å²) in [5.74, 6) is -0.151. The van der Waals surface area contributed by atoms with Gasteiger partial charge in [0, 0.05) is 6.04 Å². The normalized spacial score (nSPS) is 13.4. The van der Waals surface area contributed by atoms with E-state index in [2.05, 4.69) is 4.74 Å². The lowest BCUT2D eigenvalue weighted by Gasteiger charge is -2.13. The SMILES string of the molecule is CCc1cc(CC[C@@H](C)N)cc(OC(F)(F)F)c1. The Hall–Kier alpha value is -1.23. The van der Waals surface area contributed by atoms with Gasteiger partial charge in [-0.2, -0.15) is 0 Å². The molecule has 102 valence electrons. The number of ether oxygens (including phenoxy) is 1. The summed E-state index contributed by atoms with van der Waals surface area (Å²) in [5, 5.41) is 0. The van der Waals surface area contributed by atoms with Crippen LogP contribution in [-0.2, 0) is 12.8 Å². The van der Waals surface area contributed by atoms with Crippen LogP contribution >= 0.6 is 0 Å². The predicted octanol–water partition coefficient (Wildman–Crippen LogP) is 3.43. The molecule has 0 radical (unpaired) electrons. The zero-order chi connectivity index (χ0) is 13.8. The number of halogens is 3. The molecule has 0 saturated heterocycles. The third-order valence-electron chi connectivity index (χ3n) is 2.56. The lowest BCUT2D eigenvalue weighted by molar-refractivity contribution is -0.274. The van der Waals surface area contributed by atoms with Gasteiger partial charge in [-0.15, -0.1) is 13.2 Å². The van der Waals surface area contributed by atoms with E-state index in [0.717, 1.165) is 17.5 Å². The first-order valence-corrected chi connectivity index (χ1v) is 5.94. The average molecular weight is 261 g/mol. The topological polar surface area (TPSA) is 35.2 Å². The average Bonchev–Trinajstić information content (AvgIpc) is 2.23. The Bertz CT molecular complexity index is 388. The zero-order valence-electron chi connectivity index (χ0n) is 10.6. The summed E-state index contributed by atoms with van der Waals surface area (Å²) in [5.41, 5.74) is 7.29. The van der Waals surface area contributed by atoms with Gasteiger partial charge >= 0.3 is 6.36 Å². The Kier molecular flexibility index (Phi) is 5.02. The number of hydrogen-bond donors (Lipinski definition) is 1. The van der Waals surface area contributed by atoms with Crippen LogP contribution in [0.25, 0.3) is 0 Å². The number of alkyl halides is 3. The quantitative estimate of drug-likeness (QED) is 0.881. The monoisotopic (exact) mass is 261 g/mol. The number of benzene rings is 1. The summed E-state index contributed by atoms with van der Waals surface area (Å²) >= 11 is 0. The van der Waals surface area contributed by atoms with E-state index in [1.807, 2.05) is 19.9 Å². The van der Waals surface area contributed by atoms with Gasteiger partial charge in [0.05, 0.1) is 0 Å². The second-order valence-corrected chi connectivity index (χ2v) is 4.40. The minimum absolute atomic E-state index is 0.0299. The van der Waals surface area contributed by atoms with Gasteiger partial charge in [-0.05, 0) is 49.4 Å². The number of nitrogens with two attached hydrogens (primary N) is 1. The number of aryl methyl sites for hydroxylation is 2. The predicted molar refractivity (Wildman–Crippen MR) is 64.5 cm³/mol. The van der Waals surface area contributed by atoms with E-state index in [4.69, 9.17) is 5.73 Å². The van der Waals surface area contributed by atoms with E-state index >= 15 is 0 Å². The molecule has 1 aromatic rings. The van der Waals surface area contributed by atoms with Crippen molar-refractivity contribution in [2.45, 2.75) is 45.5 Å². The van der Waals surface area contributed by atoms with Crippen molar-refractivity contribution in [3.05, 3.63) is 29.3 Å². The van der Waals surface area contributed by atoms with Crippen LogP contribution in [0, 0.1) is 0 Å². The molecule has 0 heterocycles. The van der Waals surface area contributed by atoms with Crippen molar-refractivity contribution in [2.75, 3.05) is 0 Å². The first-order chi connectivity index (χ1) is 8.30. The molecule has 1 aromatic carbocycles. The maximum absolute atomic E-state index is 12.2. The van der Waals surface area contributed by atoms with E-state index in [9.17, 15) is 13.2 Å². The molecule has 0 aromatic heterocycles. The first kappa shape index (κ1) is 14.8. The van der Waals surface area contributed by atoms with Gasteiger partial charge in [0.15, 0.2) is 0 Å². The van der Waals surface area contributed by atoms with Gasteiger partial charge in [0.2, 0.25) is 0 Å². The molecule has 1 rings (SSSR count). The second kappa shape index (κ2) is 6.09. The van der Waals surface area contributed by atoms with Gasteiger partial charge < -0.3 is 10.5 Å². The maximum atomic E-state index is 12.2. The van der Waals surface area contributed by atoms with Crippen LogP contribution in [0.3, 0.4) is 0 Å². The molecule has 0 amide bonds. The zero-order valence-corrected chi connectivity index (χ0v) is 10.6. The first-order valence-electron chi connectivity index (χ1n) is 5.94. The Balaban J connectivity index is 2.87. The third-order valence-corrected chi connectivity index (χ3v) is 2.56. The molecule has 0 bridgehead atoms. The Labute approximate surface area is 105 Å². The minimum atomic E-state index is -4.65. The van der Waals surface area contributed by atoms with Crippen molar-refractivity contribution < 1.29 is 17.9 Å². The molecular formula is C13H18F3NO. The van der Waals surface area contributed by atoms with Crippen LogP contribution in [0.4, 0.5) is 13.2 Å². The third kappa shape index (κ3) is 5.40. The van der Waals surface area contributed by atoms with E-state index in [1.165, 1.54) is 12.1 Å². The summed E-state index contributed by atoms with van der Waals surface area (Å²) in [6.45, 7) is 3.76. The summed E-state index contributed by atoms with van der Waals surface area (Å²) in [4.78, 5) is 0. The van der Waals surface area contributed by atoms with Gasteiger partial charge in [-0.25, -0.2) is 0 Å². The van der Waals surface area contributed by atoms with Crippen LogP contribution in [0.1, 0.15) is 31.4 Å². The second-order valence-electron chi connectivity index (χ2n) is 4.40. The molecule has 2 nitrogen and oxygen atoms in total. The largest absolute Gasteiger partial charge is 0.573 e. The van der Waals surface area contributed by atoms with Gasteiger partial charge in [-0.3, -0.25) is 0 Å². The molecule has 0 aliphatic rings. The number of rotatable bonds is 5. The van der Waals surface area contributed by atoms with E-state index in [1.54, 1.807) is 0 Å². The maximum Gasteiger partial charge on any atom is 0.573 e. The minimum Gasteiger partial charge on any atom is -0.406 e. The Morgan fingerprint density at radius 1 is 1.22 bits per heavy atom. The van der Waals surface area contributed by atoms with Gasteiger partial charge in [0.1, 0.15) is 5.75 Å². The fourth-order valence-electron chi connectivity index (χ4n) is 1.66. The van der Waals surface area contributed by atoms with Crippen molar-refractivity contribution in [1.29, 1.82) is 0 Å². The van der Waals surface area contributed by atoms with Crippen molar-refractivity contribution in [1.82, 2.24) is 0 Å². The number of hydrogen-bond acceptors (Lipinski definition) is 2. The molecule has 18 heavy (non-hydrogen) atoms. The van der Waals surface area contributed by atoms with Gasteiger partial charge in [0.25, 0.3) is 0 Å². The molecule has 0 aliphatic heterocycles. The smallest absolute Gasteiger partial charge is 0.406 e. The Morgan fingerprint density at radius 2 is 1.83 bits per heavy atom. The summed E-state index contributed by atoms with van der Waals surface area (Å²) in [6.07, 6.45) is -2.59. The van der Waals surface area contributed by atoms with Crippen LogP contribution in [0.2, 0.25) is 0 Å². The highest BCUT2D eigenvalue weighted by Crippen LogP contribution is 2.26. The van der Waals surface area contributed by atoms with Crippen LogP contribution in [-0.4, -0.2) is 12.4 Å². The van der Waals surface area contributed by atoms with E-state index in [-0.39, 0.29) is 11.8 Å². The summed E-state index contributed by atoms with van der Waals surface area (Å²) < 4.78 is 40.5. The molecule has 0 unspecified atom stereocenters. The fraction of sp³-hybridized carbons (Fsp3) is 0.538. The van der Waals surface area contributed by atoms with Crippen molar-refractivity contribution in [2.24, 2.45) is 5.73 Å². The van der Waals surface area contributed by atoms with Crippen molar-refractivity contribution >= 4 is 0 Å². The Morgan fingerprint density at radius 3 is 2.33 bits per heavy atom. The van der Waals surface area contributed by atoms with Crippen LogP contribution in [0.15, 0.2) is 18.2 Å². The lowest BCUT2D eigenvalue weighted by Crippen LogP contribution is -2.18. The highest BCUT2D eigenvalue weighted by molar-refractivity contribution is 5.34. The molecular weight excluding hydrogens is 243 g/mol. The van der Waals surface area contributed by atoms with Crippen molar-refractivity contribution in [3.63, 3.8) is 0 Å². The summed E-state index contributed by atoms with van der Waals surface area (Å²) in [6, 6.07) is 4.77. The van der Waals surface area contributed by atoms with E-state index < -0.39 is 6.36 Å². The molecule has 0 fully saturated rings. The lowest BCUT2D eigenvalue weighted by atomic mass is 10.0. The molecule has 2 N–H and O–H groups in total. The molecule has 1 atom stereocenters. The highest BCUT2D eigenvalue weighted by Gasteiger charge is 2.31. The van der Waals surface area contributed by atoms with Crippen LogP contribution in [0.5, 0.6) is 5.75 Å². The molecule has 0 aliphatic carbocycles. The fourth-order valence-corrected chi connectivity index (χ4v) is 1.66. The molecule has 0 spiro atoms. The van der Waals surface area contributed by atoms with Crippen molar-refractivity contribution in [3.8, 4) is 5.75 Å². The van der Waals surface area contributed by atoms with E-state index in [0.29, 0.717) is 12.8 Å². The molecule has 5 heteroatoms. The van der Waals surface area contributed by atoms with Gasteiger partial charge in [-0.1, -0.05) is 13.0 Å². The molecule has 0 saturated carbocycles. The summed E-state index contributed by atoms with van der Waals surface area (Å²) in [7, 11) is 0. The van der Waals surface area contributed by atoms with Crippen LogP contribution < -0.4 is 10.5 Å².